The van der Waals surface area contributed by atoms with Gasteiger partial charge < -0.3 is 10.1 Å². The molecule has 0 bridgehead atoms. The number of thioether (sulfide) groups is 1. The highest BCUT2D eigenvalue weighted by Crippen LogP contribution is 2.34. The first-order valence-electron chi connectivity index (χ1n) is 9.36. The highest BCUT2D eigenvalue weighted by molar-refractivity contribution is 8.00. The average molecular weight is 437 g/mol. The minimum absolute atomic E-state index is 0.0988. The maximum atomic E-state index is 12.5. The fourth-order valence-corrected chi connectivity index (χ4v) is 4.81. The van der Waals surface area contributed by atoms with Crippen molar-refractivity contribution in [3.05, 3.63) is 71.1 Å². The summed E-state index contributed by atoms with van der Waals surface area (Å²) in [6.45, 7) is 4.51. The number of pyridine rings is 1. The van der Waals surface area contributed by atoms with Crippen LogP contribution in [0.4, 0.5) is 5.69 Å². The topological polar surface area (TPSA) is 77.0 Å². The van der Waals surface area contributed by atoms with Crippen molar-refractivity contribution in [1.29, 1.82) is 0 Å². The molecule has 0 fully saturated rings. The molecule has 1 aromatic carbocycles. The standard InChI is InChI=1S/C22H20N4O2S2/c1-14-15(2)30-22-20(14)21(24-13-25-22)29-12-19(27)26-16-7-5-8-18(10-16)28-11-17-6-3-4-9-23-17/h3-10,13H,11-12H2,1-2H3,(H,26,27). The van der Waals surface area contributed by atoms with Crippen LogP contribution in [-0.4, -0.2) is 26.6 Å². The Morgan fingerprint density at radius 2 is 2.03 bits per heavy atom. The van der Waals surface area contributed by atoms with Crippen LogP contribution in [0.15, 0.2) is 60.0 Å². The lowest BCUT2D eigenvalue weighted by atomic mass is 10.2. The summed E-state index contributed by atoms with van der Waals surface area (Å²) >= 11 is 3.07. The van der Waals surface area contributed by atoms with Crippen molar-refractivity contribution in [2.75, 3.05) is 11.1 Å². The Balaban J connectivity index is 1.37. The van der Waals surface area contributed by atoms with Crippen LogP contribution < -0.4 is 10.1 Å². The van der Waals surface area contributed by atoms with Crippen LogP contribution in [-0.2, 0) is 11.4 Å². The van der Waals surface area contributed by atoms with Crippen LogP contribution >= 0.6 is 23.1 Å². The van der Waals surface area contributed by atoms with Crippen LogP contribution in [0.3, 0.4) is 0 Å². The number of fused-ring (bicyclic) bond motifs is 1. The Labute approximate surface area is 182 Å². The van der Waals surface area contributed by atoms with Gasteiger partial charge in [-0.2, -0.15) is 0 Å². The van der Waals surface area contributed by atoms with Crippen molar-refractivity contribution in [3.8, 4) is 5.75 Å². The quantitative estimate of drug-likeness (QED) is 0.324. The molecular weight excluding hydrogens is 416 g/mol. The van der Waals surface area contributed by atoms with Gasteiger partial charge >= 0.3 is 0 Å². The van der Waals surface area contributed by atoms with Gasteiger partial charge in [-0.1, -0.05) is 23.9 Å². The number of benzene rings is 1. The van der Waals surface area contributed by atoms with Crippen LogP contribution in [0.25, 0.3) is 10.2 Å². The van der Waals surface area contributed by atoms with E-state index in [0.29, 0.717) is 18.0 Å². The second-order valence-electron chi connectivity index (χ2n) is 6.62. The molecule has 4 aromatic rings. The zero-order valence-electron chi connectivity index (χ0n) is 16.6. The summed E-state index contributed by atoms with van der Waals surface area (Å²) in [6, 6.07) is 13.0. The summed E-state index contributed by atoms with van der Waals surface area (Å²) in [5.41, 5.74) is 2.71. The summed E-state index contributed by atoms with van der Waals surface area (Å²) in [5.74, 6) is 0.839. The van der Waals surface area contributed by atoms with Gasteiger partial charge in [0, 0.05) is 28.2 Å². The molecule has 0 atom stereocenters. The first-order chi connectivity index (χ1) is 14.6. The number of nitrogens with zero attached hydrogens (tertiary/aromatic N) is 3. The number of carbonyl (C=O) groups excluding carboxylic acids is 1. The molecule has 6 nitrogen and oxygen atoms in total. The molecule has 0 aliphatic carbocycles. The molecule has 0 aliphatic heterocycles. The molecule has 4 rings (SSSR count). The molecule has 0 saturated carbocycles. The number of hydrogen-bond donors (Lipinski definition) is 1. The number of aromatic nitrogens is 3. The van der Waals surface area contributed by atoms with Crippen LogP contribution in [0, 0.1) is 13.8 Å². The molecule has 1 N–H and O–H groups in total. The average Bonchev–Trinajstić information content (AvgIpc) is 3.06. The lowest BCUT2D eigenvalue weighted by molar-refractivity contribution is -0.113. The molecule has 0 aliphatic rings. The summed E-state index contributed by atoms with van der Waals surface area (Å²) in [4.78, 5) is 27.6. The van der Waals surface area contributed by atoms with Gasteiger partial charge in [0.25, 0.3) is 0 Å². The molecular formula is C22H20N4O2S2. The second-order valence-corrected chi connectivity index (χ2v) is 8.78. The van der Waals surface area contributed by atoms with Crippen LogP contribution in [0.1, 0.15) is 16.1 Å². The molecule has 0 saturated heterocycles. The molecule has 1 amide bonds. The van der Waals surface area contributed by atoms with Gasteiger partial charge in [0.15, 0.2) is 0 Å². The Bertz CT molecular complexity index is 1180. The highest BCUT2D eigenvalue weighted by atomic mass is 32.2. The van der Waals surface area contributed by atoms with Crippen LogP contribution in [0.2, 0.25) is 0 Å². The predicted molar refractivity (Wildman–Crippen MR) is 121 cm³/mol. The number of amides is 1. The number of anilines is 1. The lowest BCUT2D eigenvalue weighted by Crippen LogP contribution is -2.14. The smallest absolute Gasteiger partial charge is 0.234 e. The molecule has 0 unspecified atom stereocenters. The van der Waals surface area contributed by atoms with Gasteiger partial charge in [0.1, 0.15) is 28.5 Å². The van der Waals surface area contributed by atoms with E-state index in [2.05, 4.69) is 34.1 Å². The third-order valence-corrected chi connectivity index (χ3v) is 6.61. The van der Waals surface area contributed by atoms with Crippen molar-refractivity contribution >= 4 is 44.9 Å². The van der Waals surface area contributed by atoms with E-state index in [0.717, 1.165) is 20.9 Å². The Kier molecular flexibility index (Phi) is 6.25. The molecule has 3 heterocycles. The largest absolute Gasteiger partial charge is 0.487 e. The van der Waals surface area contributed by atoms with Gasteiger partial charge in [-0.3, -0.25) is 9.78 Å². The van der Waals surface area contributed by atoms with Gasteiger partial charge in [-0.05, 0) is 43.7 Å². The third kappa shape index (κ3) is 4.77. The number of thiophene rings is 1. The summed E-state index contributed by atoms with van der Waals surface area (Å²) in [6.07, 6.45) is 3.29. The van der Waals surface area contributed by atoms with E-state index >= 15 is 0 Å². The van der Waals surface area contributed by atoms with Gasteiger partial charge in [0.2, 0.25) is 5.91 Å². The Morgan fingerprint density at radius 3 is 2.87 bits per heavy atom. The number of hydrogen-bond acceptors (Lipinski definition) is 7. The first kappa shape index (κ1) is 20.3. The van der Waals surface area contributed by atoms with E-state index in [4.69, 9.17) is 4.74 Å². The van der Waals surface area contributed by atoms with E-state index in [1.165, 1.54) is 22.2 Å². The molecule has 152 valence electrons. The van der Waals surface area contributed by atoms with Crippen molar-refractivity contribution in [2.24, 2.45) is 0 Å². The van der Waals surface area contributed by atoms with E-state index in [1.807, 2.05) is 36.4 Å². The van der Waals surface area contributed by atoms with Crippen molar-refractivity contribution in [3.63, 3.8) is 0 Å². The Hall–Kier alpha value is -2.97. The summed E-state index contributed by atoms with van der Waals surface area (Å²) in [5, 5.41) is 4.80. The maximum Gasteiger partial charge on any atom is 0.234 e. The number of rotatable bonds is 7. The lowest BCUT2D eigenvalue weighted by Gasteiger charge is -2.09. The fourth-order valence-electron chi connectivity index (χ4n) is 2.89. The zero-order chi connectivity index (χ0) is 20.9. The van der Waals surface area contributed by atoms with Crippen LogP contribution in [0.5, 0.6) is 5.75 Å². The van der Waals surface area contributed by atoms with Gasteiger partial charge in [-0.15, -0.1) is 11.3 Å². The van der Waals surface area contributed by atoms with Gasteiger partial charge in [-0.25, -0.2) is 9.97 Å². The second kappa shape index (κ2) is 9.23. The number of nitrogens with one attached hydrogen (secondary N) is 1. The molecule has 0 spiro atoms. The molecule has 30 heavy (non-hydrogen) atoms. The van der Waals surface area contributed by atoms with Gasteiger partial charge in [0.05, 0.1) is 11.4 Å². The van der Waals surface area contributed by atoms with Crippen molar-refractivity contribution in [1.82, 2.24) is 15.0 Å². The minimum atomic E-state index is -0.0988. The number of ether oxygens (including phenoxy) is 1. The third-order valence-electron chi connectivity index (χ3n) is 4.50. The minimum Gasteiger partial charge on any atom is -0.487 e. The Morgan fingerprint density at radius 1 is 1.13 bits per heavy atom. The molecule has 0 radical (unpaired) electrons. The molecule has 3 aromatic heterocycles. The van der Waals surface area contributed by atoms with E-state index in [1.54, 1.807) is 29.9 Å². The zero-order valence-corrected chi connectivity index (χ0v) is 18.2. The summed E-state index contributed by atoms with van der Waals surface area (Å²) < 4.78 is 5.77. The number of carbonyl (C=O) groups is 1. The monoisotopic (exact) mass is 436 g/mol. The molecule has 8 heteroatoms. The SMILES string of the molecule is Cc1sc2ncnc(SCC(=O)Nc3cccc(OCc4ccccn4)c3)c2c1C. The van der Waals surface area contributed by atoms with E-state index in [9.17, 15) is 4.79 Å². The highest BCUT2D eigenvalue weighted by Gasteiger charge is 2.14. The number of aryl methyl sites for hydroxylation is 2. The predicted octanol–water partition coefficient (Wildman–Crippen LogP) is 5.01. The van der Waals surface area contributed by atoms with E-state index < -0.39 is 0 Å². The van der Waals surface area contributed by atoms with Crippen molar-refractivity contribution in [2.45, 2.75) is 25.5 Å². The first-order valence-corrected chi connectivity index (χ1v) is 11.2. The maximum absolute atomic E-state index is 12.5. The van der Waals surface area contributed by atoms with Crippen molar-refractivity contribution < 1.29 is 9.53 Å². The normalized spacial score (nSPS) is 10.9. The van der Waals surface area contributed by atoms with E-state index in [-0.39, 0.29) is 11.7 Å². The fraction of sp³-hybridized carbons (Fsp3) is 0.182. The summed E-state index contributed by atoms with van der Waals surface area (Å²) in [7, 11) is 0.